The molecule has 0 saturated heterocycles. The summed E-state index contributed by atoms with van der Waals surface area (Å²) in [5.74, 6) is -0.295. The Labute approximate surface area is 146 Å². The van der Waals surface area contributed by atoms with Crippen LogP contribution in [-0.4, -0.2) is 32.3 Å². The molecule has 0 bridgehead atoms. The Bertz CT molecular complexity index is 245. The van der Waals surface area contributed by atoms with Crippen molar-refractivity contribution in [3.63, 3.8) is 0 Å². The number of ether oxygens (including phenoxy) is 1. The number of carbonyl (C=O) groups excluding carboxylic acids is 1. The summed E-state index contributed by atoms with van der Waals surface area (Å²) in [5.41, 5.74) is 0.462. The van der Waals surface area contributed by atoms with Gasteiger partial charge in [-0.1, -0.05) is 13.5 Å². The van der Waals surface area contributed by atoms with Gasteiger partial charge in [0, 0.05) is 5.57 Å². The van der Waals surface area contributed by atoms with E-state index in [1.807, 2.05) is 6.92 Å². The van der Waals surface area contributed by atoms with E-state index in [4.69, 9.17) is 4.74 Å². The normalized spacial score (nSPS) is 10.1. The van der Waals surface area contributed by atoms with Crippen molar-refractivity contribution in [2.75, 3.05) is 6.61 Å². The minimum absolute atomic E-state index is 0.295. The molecule has 0 radical (unpaired) electrons. The fourth-order valence-corrected chi connectivity index (χ4v) is 13.1. The predicted octanol–water partition coefficient (Wildman–Crippen LogP) is 6.13. The molecule has 0 atom stereocenters. The van der Waals surface area contributed by atoms with E-state index >= 15 is 0 Å². The summed E-state index contributed by atoms with van der Waals surface area (Å²) in [7, 11) is 0. The summed E-state index contributed by atoms with van der Waals surface area (Å²) in [6.45, 7) is 14.5. The van der Waals surface area contributed by atoms with Gasteiger partial charge in [0.25, 0.3) is 0 Å². The first-order chi connectivity index (χ1) is 10.5. The van der Waals surface area contributed by atoms with Gasteiger partial charge in [-0.15, -0.1) is 0 Å². The van der Waals surface area contributed by atoms with Crippen LogP contribution in [0.15, 0.2) is 12.2 Å². The van der Waals surface area contributed by atoms with Crippen molar-refractivity contribution >= 4 is 25.7 Å². The topological polar surface area (TPSA) is 26.3 Å². The monoisotopic (exact) mass is 420 g/mol. The zero-order chi connectivity index (χ0) is 17.2. The number of esters is 1. The van der Waals surface area contributed by atoms with E-state index < -0.39 is 19.8 Å². The maximum atomic E-state index is 10.6. The van der Waals surface area contributed by atoms with Crippen molar-refractivity contribution in [2.24, 2.45) is 0 Å². The molecule has 0 amide bonds. The predicted molar refractivity (Wildman–Crippen MR) is 102 cm³/mol. The Morgan fingerprint density at radius 1 is 0.864 bits per heavy atom. The standard InChI is InChI=1S/C7H12O2.3C4H9.Sn.H/c1-4-5-9-7(8)6(2)3;3*1-3-4-2;;/h2,4-5H2,1,3H3;3*1,3-4H2,2H3;;. The van der Waals surface area contributed by atoms with Crippen molar-refractivity contribution in [3.8, 4) is 0 Å². The number of rotatable bonds is 12. The van der Waals surface area contributed by atoms with E-state index in [1.54, 1.807) is 20.2 Å². The number of carbonyl (C=O) groups is 1. The van der Waals surface area contributed by atoms with Gasteiger partial charge >= 0.3 is 98.3 Å². The first-order valence-corrected chi connectivity index (χ1v) is 16.3. The van der Waals surface area contributed by atoms with Crippen LogP contribution in [0.5, 0.6) is 0 Å². The van der Waals surface area contributed by atoms with Crippen molar-refractivity contribution in [1.29, 1.82) is 0 Å². The van der Waals surface area contributed by atoms with Crippen LogP contribution in [0.2, 0.25) is 13.3 Å². The van der Waals surface area contributed by atoms with Gasteiger partial charge in [-0.2, -0.15) is 0 Å². The van der Waals surface area contributed by atoms with Crippen LogP contribution in [0.25, 0.3) is 0 Å². The Morgan fingerprint density at radius 3 is 1.55 bits per heavy atom. The average molecular weight is 419 g/mol. The third-order valence-corrected chi connectivity index (χ3v) is 14.2. The van der Waals surface area contributed by atoms with Gasteiger partial charge in [0.15, 0.2) is 0 Å². The molecule has 0 saturated carbocycles. The Balaban J connectivity index is 0. The van der Waals surface area contributed by atoms with Gasteiger partial charge in [0.2, 0.25) is 0 Å². The molecular formula is C19H40O2Sn. The Kier molecular flexibility index (Phi) is 21.0. The molecule has 2 nitrogen and oxygen atoms in total. The molecule has 132 valence electrons. The summed E-state index contributed by atoms with van der Waals surface area (Å²) in [5, 5.41) is 0. The first-order valence-electron chi connectivity index (χ1n) is 9.35. The summed E-state index contributed by atoms with van der Waals surface area (Å²) < 4.78 is 9.79. The number of unbranched alkanes of at least 4 members (excludes halogenated alkanes) is 3. The summed E-state index contributed by atoms with van der Waals surface area (Å²) in [4.78, 5) is 10.6. The van der Waals surface area contributed by atoms with Gasteiger partial charge in [-0.3, -0.25) is 0 Å². The van der Waals surface area contributed by atoms with Gasteiger partial charge in [-0.05, 0) is 13.3 Å². The van der Waals surface area contributed by atoms with Crippen molar-refractivity contribution in [2.45, 2.75) is 92.9 Å². The Morgan fingerprint density at radius 2 is 1.27 bits per heavy atom. The van der Waals surface area contributed by atoms with Crippen molar-refractivity contribution < 1.29 is 9.53 Å². The fourth-order valence-electron chi connectivity index (χ4n) is 2.23. The SMILES string of the molecule is C=C(C)C(=O)OCCC.CCC[CH2][SnH]([CH2]CCC)[CH2]CCC. The third-order valence-electron chi connectivity index (χ3n) is 3.68. The van der Waals surface area contributed by atoms with Gasteiger partial charge in [0.1, 0.15) is 0 Å². The van der Waals surface area contributed by atoms with E-state index in [-0.39, 0.29) is 5.97 Å². The molecule has 0 aliphatic rings. The molecular weight excluding hydrogens is 379 g/mol. The van der Waals surface area contributed by atoms with Crippen LogP contribution < -0.4 is 0 Å². The molecule has 0 spiro atoms. The van der Waals surface area contributed by atoms with Gasteiger partial charge in [0.05, 0.1) is 6.61 Å². The maximum absolute atomic E-state index is 10.6. The van der Waals surface area contributed by atoms with Crippen LogP contribution >= 0.6 is 0 Å². The van der Waals surface area contributed by atoms with E-state index in [0.717, 1.165) is 6.42 Å². The van der Waals surface area contributed by atoms with E-state index in [2.05, 4.69) is 27.4 Å². The second-order valence-electron chi connectivity index (χ2n) is 6.21. The molecule has 0 aromatic rings. The Hall–Kier alpha value is 0.00870. The molecule has 0 aliphatic carbocycles. The zero-order valence-corrected chi connectivity index (χ0v) is 19.2. The van der Waals surface area contributed by atoms with Crippen molar-refractivity contribution in [3.05, 3.63) is 12.2 Å². The molecule has 0 N–H and O–H groups in total. The zero-order valence-electron chi connectivity index (χ0n) is 15.9. The summed E-state index contributed by atoms with van der Waals surface area (Å²) >= 11 is -0.967. The quantitative estimate of drug-likeness (QED) is 0.216. The van der Waals surface area contributed by atoms with Crippen molar-refractivity contribution in [1.82, 2.24) is 0 Å². The average Bonchev–Trinajstić information content (AvgIpc) is 2.52. The van der Waals surface area contributed by atoms with E-state index in [0.29, 0.717) is 12.2 Å². The van der Waals surface area contributed by atoms with Crippen LogP contribution in [0.3, 0.4) is 0 Å². The molecule has 0 aromatic carbocycles. The second kappa shape index (κ2) is 19.1. The summed E-state index contributed by atoms with van der Waals surface area (Å²) in [6.07, 6.45) is 9.73. The number of hydrogen-bond donors (Lipinski definition) is 0. The third kappa shape index (κ3) is 18.1. The molecule has 0 rings (SSSR count). The van der Waals surface area contributed by atoms with Crippen LogP contribution in [-0.2, 0) is 9.53 Å². The van der Waals surface area contributed by atoms with E-state index in [1.165, 1.54) is 38.5 Å². The van der Waals surface area contributed by atoms with Crippen LogP contribution in [0, 0.1) is 0 Å². The first kappa shape index (κ1) is 24.3. The van der Waals surface area contributed by atoms with Gasteiger partial charge < -0.3 is 4.74 Å². The second-order valence-corrected chi connectivity index (χ2v) is 16.1. The summed E-state index contributed by atoms with van der Waals surface area (Å²) in [6, 6.07) is 0. The molecule has 22 heavy (non-hydrogen) atoms. The van der Waals surface area contributed by atoms with Crippen LogP contribution in [0.4, 0.5) is 0 Å². The minimum atomic E-state index is -0.967. The molecule has 0 aliphatic heterocycles. The molecule has 0 unspecified atom stereocenters. The molecule has 0 aromatic heterocycles. The van der Waals surface area contributed by atoms with Gasteiger partial charge in [-0.25, -0.2) is 4.79 Å². The molecule has 0 heterocycles. The molecule has 0 fully saturated rings. The molecule has 3 heteroatoms. The number of hydrogen-bond acceptors (Lipinski definition) is 2. The van der Waals surface area contributed by atoms with Crippen LogP contribution in [0.1, 0.15) is 79.6 Å². The van der Waals surface area contributed by atoms with E-state index in [9.17, 15) is 4.79 Å². The fraction of sp³-hybridized carbons (Fsp3) is 0.842.